The van der Waals surface area contributed by atoms with Gasteiger partial charge in [-0.3, -0.25) is 0 Å². The molecule has 19 heavy (non-hydrogen) atoms. The van der Waals surface area contributed by atoms with Crippen LogP contribution >= 0.6 is 28.3 Å². The van der Waals surface area contributed by atoms with Crippen LogP contribution in [0.3, 0.4) is 0 Å². The van der Waals surface area contributed by atoms with Crippen molar-refractivity contribution in [2.24, 2.45) is 5.73 Å². The fourth-order valence-electron chi connectivity index (χ4n) is 1.31. The van der Waals surface area contributed by atoms with E-state index in [4.69, 9.17) is 10.5 Å². The molecular formula is C11H18BrClN2O3S. The van der Waals surface area contributed by atoms with Gasteiger partial charge in [-0.05, 0) is 25.5 Å². The molecule has 0 aliphatic heterocycles. The monoisotopic (exact) mass is 372 g/mol. The lowest BCUT2D eigenvalue weighted by atomic mass is 10.3. The number of halogens is 2. The van der Waals surface area contributed by atoms with Gasteiger partial charge in [-0.2, -0.15) is 0 Å². The molecule has 5 nitrogen and oxygen atoms in total. The van der Waals surface area contributed by atoms with Crippen molar-refractivity contribution in [3.63, 3.8) is 0 Å². The highest BCUT2D eigenvalue weighted by atomic mass is 79.9. The zero-order chi connectivity index (χ0) is 13.8. The minimum absolute atomic E-state index is 0. The Bertz CT molecular complexity index is 509. The first kappa shape index (κ1) is 18.7. The molecule has 0 saturated carbocycles. The van der Waals surface area contributed by atoms with E-state index in [0.717, 1.165) is 0 Å². The van der Waals surface area contributed by atoms with Crippen LogP contribution < -0.4 is 15.2 Å². The molecule has 1 rings (SSSR count). The Morgan fingerprint density at radius 2 is 2.05 bits per heavy atom. The van der Waals surface area contributed by atoms with Gasteiger partial charge in [0.25, 0.3) is 0 Å². The Kier molecular flexibility index (Phi) is 7.92. The average Bonchev–Trinajstić information content (AvgIpc) is 2.27. The molecule has 0 aliphatic carbocycles. The highest BCUT2D eigenvalue weighted by Crippen LogP contribution is 2.24. The lowest BCUT2D eigenvalue weighted by Gasteiger charge is -2.10. The molecule has 1 atom stereocenters. The summed E-state index contributed by atoms with van der Waals surface area (Å²) in [6, 6.07) is 4.65. The van der Waals surface area contributed by atoms with E-state index in [0.29, 0.717) is 23.2 Å². The topological polar surface area (TPSA) is 81.4 Å². The third kappa shape index (κ3) is 6.09. The summed E-state index contributed by atoms with van der Waals surface area (Å²) in [4.78, 5) is 0.165. The van der Waals surface area contributed by atoms with Gasteiger partial charge in [0.15, 0.2) is 0 Å². The molecule has 0 fully saturated rings. The van der Waals surface area contributed by atoms with Crippen LogP contribution in [0.2, 0.25) is 0 Å². The fourth-order valence-corrected chi connectivity index (χ4v) is 3.04. The lowest BCUT2D eigenvalue weighted by Crippen LogP contribution is -2.29. The van der Waals surface area contributed by atoms with Crippen molar-refractivity contribution in [3.8, 4) is 5.75 Å². The van der Waals surface area contributed by atoms with Crippen LogP contribution in [-0.4, -0.2) is 28.1 Å². The predicted molar refractivity (Wildman–Crippen MR) is 81.4 cm³/mol. The normalized spacial score (nSPS) is 12.6. The van der Waals surface area contributed by atoms with Crippen molar-refractivity contribution in [1.29, 1.82) is 0 Å². The van der Waals surface area contributed by atoms with E-state index < -0.39 is 10.0 Å². The number of sulfonamides is 1. The second-order valence-corrected chi connectivity index (χ2v) is 6.67. The third-order valence-corrected chi connectivity index (χ3v) is 4.18. The molecule has 0 aromatic heterocycles. The van der Waals surface area contributed by atoms with Gasteiger partial charge in [0.1, 0.15) is 5.75 Å². The molecule has 3 N–H and O–H groups in total. The summed E-state index contributed by atoms with van der Waals surface area (Å²) in [5.41, 5.74) is 5.57. The van der Waals surface area contributed by atoms with E-state index in [9.17, 15) is 8.42 Å². The maximum absolute atomic E-state index is 12.0. The summed E-state index contributed by atoms with van der Waals surface area (Å²) >= 11 is 3.25. The van der Waals surface area contributed by atoms with Gasteiger partial charge in [-0.25, -0.2) is 13.1 Å². The van der Waals surface area contributed by atoms with Gasteiger partial charge in [-0.15, -0.1) is 12.4 Å². The quantitative estimate of drug-likeness (QED) is 0.798. The molecule has 0 saturated heterocycles. The van der Waals surface area contributed by atoms with Gasteiger partial charge < -0.3 is 10.5 Å². The molecule has 1 aromatic rings. The SMILES string of the molecule is COc1cc(Br)cc(S(=O)(=O)NCCC(C)N)c1.Cl. The zero-order valence-electron chi connectivity index (χ0n) is 10.7. The Morgan fingerprint density at radius 1 is 1.42 bits per heavy atom. The van der Waals surface area contributed by atoms with Crippen LogP contribution in [0.4, 0.5) is 0 Å². The molecule has 0 aliphatic rings. The highest BCUT2D eigenvalue weighted by Gasteiger charge is 2.15. The number of hydrogen-bond acceptors (Lipinski definition) is 4. The second-order valence-electron chi connectivity index (χ2n) is 3.99. The van der Waals surface area contributed by atoms with Crippen molar-refractivity contribution in [3.05, 3.63) is 22.7 Å². The fraction of sp³-hybridized carbons (Fsp3) is 0.455. The summed E-state index contributed by atoms with van der Waals surface area (Å²) in [5.74, 6) is 0.483. The van der Waals surface area contributed by atoms with Crippen LogP contribution in [-0.2, 0) is 10.0 Å². The van der Waals surface area contributed by atoms with Crippen molar-refractivity contribution in [1.82, 2.24) is 4.72 Å². The Morgan fingerprint density at radius 3 is 2.58 bits per heavy atom. The summed E-state index contributed by atoms with van der Waals surface area (Å²) < 4.78 is 32.2. The largest absolute Gasteiger partial charge is 0.497 e. The van der Waals surface area contributed by atoms with Gasteiger partial charge in [-0.1, -0.05) is 15.9 Å². The molecule has 0 spiro atoms. The van der Waals surface area contributed by atoms with Crippen LogP contribution in [0.15, 0.2) is 27.6 Å². The molecule has 0 heterocycles. The first-order valence-corrected chi connectivity index (χ1v) is 7.72. The molecule has 8 heteroatoms. The molecular weight excluding hydrogens is 356 g/mol. The highest BCUT2D eigenvalue weighted by molar-refractivity contribution is 9.10. The summed E-state index contributed by atoms with van der Waals surface area (Å²) in [5, 5.41) is 0. The maximum Gasteiger partial charge on any atom is 0.240 e. The standard InChI is InChI=1S/C11H17BrN2O3S.ClH/c1-8(13)3-4-14-18(15,16)11-6-9(12)5-10(7-11)17-2;/h5-8,14H,3-4,13H2,1-2H3;1H. The first-order valence-electron chi connectivity index (χ1n) is 5.45. The summed E-state index contributed by atoms with van der Waals surface area (Å²) in [6.07, 6.45) is 0.588. The van der Waals surface area contributed by atoms with Gasteiger partial charge in [0.2, 0.25) is 10.0 Å². The number of methoxy groups -OCH3 is 1. The van der Waals surface area contributed by atoms with Crippen LogP contribution in [0.25, 0.3) is 0 Å². The number of benzene rings is 1. The smallest absolute Gasteiger partial charge is 0.240 e. The van der Waals surface area contributed by atoms with E-state index in [-0.39, 0.29) is 23.3 Å². The van der Waals surface area contributed by atoms with E-state index in [1.165, 1.54) is 19.2 Å². The third-order valence-electron chi connectivity index (χ3n) is 2.28. The number of nitrogens with two attached hydrogens (primary N) is 1. The maximum atomic E-state index is 12.0. The number of ether oxygens (including phenoxy) is 1. The second kappa shape index (κ2) is 8.06. The van der Waals surface area contributed by atoms with Gasteiger partial charge >= 0.3 is 0 Å². The molecule has 110 valence electrons. The zero-order valence-corrected chi connectivity index (χ0v) is 13.9. The predicted octanol–water partition coefficient (Wildman–Crippen LogP) is 1.90. The summed E-state index contributed by atoms with van der Waals surface area (Å²) in [6.45, 7) is 2.14. The van der Waals surface area contributed by atoms with Crippen LogP contribution in [0.5, 0.6) is 5.75 Å². The van der Waals surface area contributed by atoms with Crippen molar-refractivity contribution in [2.45, 2.75) is 24.3 Å². The molecule has 1 unspecified atom stereocenters. The lowest BCUT2D eigenvalue weighted by molar-refractivity contribution is 0.413. The number of nitrogens with one attached hydrogen (secondary N) is 1. The van der Waals surface area contributed by atoms with Crippen molar-refractivity contribution >= 4 is 38.4 Å². The molecule has 0 radical (unpaired) electrons. The minimum Gasteiger partial charge on any atom is -0.497 e. The van der Waals surface area contributed by atoms with Crippen LogP contribution in [0, 0.1) is 0 Å². The Balaban J connectivity index is 0.00000324. The number of rotatable bonds is 6. The van der Waals surface area contributed by atoms with Crippen LogP contribution in [0.1, 0.15) is 13.3 Å². The molecule has 1 aromatic carbocycles. The van der Waals surface area contributed by atoms with Crippen molar-refractivity contribution in [2.75, 3.05) is 13.7 Å². The average molecular weight is 374 g/mol. The Labute approximate surface area is 128 Å². The molecule has 0 amide bonds. The van der Waals surface area contributed by atoms with E-state index in [1.54, 1.807) is 6.07 Å². The van der Waals surface area contributed by atoms with E-state index >= 15 is 0 Å². The van der Waals surface area contributed by atoms with E-state index in [2.05, 4.69) is 20.7 Å². The van der Waals surface area contributed by atoms with Gasteiger partial charge in [0.05, 0.1) is 12.0 Å². The van der Waals surface area contributed by atoms with Gasteiger partial charge in [0, 0.05) is 23.1 Å². The van der Waals surface area contributed by atoms with E-state index in [1.807, 2.05) is 6.92 Å². The first-order chi connectivity index (χ1) is 8.35. The summed E-state index contributed by atoms with van der Waals surface area (Å²) in [7, 11) is -2.04. The minimum atomic E-state index is -3.53. The number of hydrogen-bond donors (Lipinski definition) is 2. The van der Waals surface area contributed by atoms with Crippen molar-refractivity contribution < 1.29 is 13.2 Å². The molecule has 0 bridgehead atoms. The Hall–Kier alpha value is -0.340.